The molecule has 2 N–H and O–H groups in total. The fraction of sp³-hybridized carbons (Fsp3) is 0.842. The highest BCUT2D eigenvalue weighted by atomic mass is 16.3. The topological polar surface area (TPSA) is 55.8 Å². The van der Waals surface area contributed by atoms with E-state index in [1.807, 2.05) is 6.08 Å². The normalized spacial score (nSPS) is 27.6. The van der Waals surface area contributed by atoms with Gasteiger partial charge in [0.2, 0.25) is 5.91 Å². The number of nitrogens with one attached hydrogen (secondary N) is 1. The van der Waals surface area contributed by atoms with Crippen molar-refractivity contribution >= 4 is 5.91 Å². The zero-order valence-electron chi connectivity index (χ0n) is 15.3. The molecule has 3 atom stereocenters. The molecule has 5 heteroatoms. The lowest BCUT2D eigenvalue weighted by Gasteiger charge is -2.35. The lowest BCUT2D eigenvalue weighted by Crippen LogP contribution is -2.52. The summed E-state index contributed by atoms with van der Waals surface area (Å²) in [6.45, 7) is 10.9. The van der Waals surface area contributed by atoms with Crippen molar-refractivity contribution in [2.75, 3.05) is 39.3 Å². The molecule has 0 spiro atoms. The van der Waals surface area contributed by atoms with Crippen LogP contribution in [-0.4, -0.2) is 72.2 Å². The molecule has 0 bridgehead atoms. The van der Waals surface area contributed by atoms with Gasteiger partial charge in [-0.3, -0.25) is 14.6 Å². The third-order valence-corrected chi connectivity index (χ3v) is 5.31. The minimum absolute atomic E-state index is 0.175. The van der Waals surface area contributed by atoms with E-state index in [4.69, 9.17) is 0 Å². The first kappa shape index (κ1) is 19.4. The average Bonchev–Trinajstić information content (AvgIpc) is 2.54. The molecule has 2 aliphatic rings. The van der Waals surface area contributed by atoms with Crippen molar-refractivity contribution in [2.45, 2.75) is 57.6 Å². The van der Waals surface area contributed by atoms with E-state index in [0.717, 1.165) is 64.3 Å². The van der Waals surface area contributed by atoms with Crippen LogP contribution in [0.1, 0.15) is 45.4 Å². The molecule has 0 aromatic heterocycles. The molecule has 1 saturated heterocycles. The SMILES string of the molecule is C=CCCC(O)CN1CCN(CC(=O)NC2CCCC(C)C2)CC1. The van der Waals surface area contributed by atoms with Gasteiger partial charge in [0.1, 0.15) is 0 Å². The number of rotatable bonds is 8. The molecule has 5 nitrogen and oxygen atoms in total. The number of aliphatic hydroxyl groups is 1. The molecule has 1 aliphatic carbocycles. The molecular formula is C19H35N3O2. The summed E-state index contributed by atoms with van der Waals surface area (Å²) >= 11 is 0. The molecule has 2 fully saturated rings. The van der Waals surface area contributed by atoms with Crippen LogP contribution in [0.3, 0.4) is 0 Å². The van der Waals surface area contributed by atoms with Gasteiger partial charge in [-0.25, -0.2) is 0 Å². The predicted octanol–water partition coefficient (Wildman–Crippen LogP) is 1.63. The Morgan fingerprint density at radius 3 is 2.67 bits per heavy atom. The van der Waals surface area contributed by atoms with Crippen LogP contribution in [0.15, 0.2) is 12.7 Å². The van der Waals surface area contributed by atoms with E-state index < -0.39 is 0 Å². The van der Waals surface area contributed by atoms with Crippen LogP contribution < -0.4 is 5.32 Å². The molecule has 0 radical (unpaired) electrons. The lowest BCUT2D eigenvalue weighted by molar-refractivity contribution is -0.123. The molecule has 0 aromatic rings. The Kier molecular flexibility index (Phi) is 8.22. The van der Waals surface area contributed by atoms with Crippen molar-refractivity contribution in [2.24, 2.45) is 5.92 Å². The van der Waals surface area contributed by atoms with Gasteiger partial charge in [0, 0.05) is 38.8 Å². The molecule has 2 rings (SSSR count). The number of carbonyl (C=O) groups is 1. The van der Waals surface area contributed by atoms with Gasteiger partial charge in [-0.2, -0.15) is 0 Å². The summed E-state index contributed by atoms with van der Waals surface area (Å²) in [5.41, 5.74) is 0. The smallest absolute Gasteiger partial charge is 0.234 e. The fourth-order valence-electron chi connectivity index (χ4n) is 3.87. The number of carbonyl (C=O) groups excluding carboxylic acids is 1. The second-order valence-corrected chi connectivity index (χ2v) is 7.63. The van der Waals surface area contributed by atoms with Gasteiger partial charge in [0.15, 0.2) is 0 Å². The van der Waals surface area contributed by atoms with Crippen LogP contribution >= 0.6 is 0 Å². The highest BCUT2D eigenvalue weighted by Crippen LogP contribution is 2.23. The third kappa shape index (κ3) is 6.91. The highest BCUT2D eigenvalue weighted by molar-refractivity contribution is 5.78. The highest BCUT2D eigenvalue weighted by Gasteiger charge is 2.23. The summed E-state index contributed by atoms with van der Waals surface area (Å²) in [5.74, 6) is 0.911. The van der Waals surface area contributed by atoms with Crippen LogP contribution in [0, 0.1) is 5.92 Å². The van der Waals surface area contributed by atoms with Crippen LogP contribution in [0.5, 0.6) is 0 Å². The van der Waals surface area contributed by atoms with E-state index in [-0.39, 0.29) is 12.0 Å². The van der Waals surface area contributed by atoms with Crippen LogP contribution in [0.2, 0.25) is 0 Å². The molecule has 138 valence electrons. The van der Waals surface area contributed by atoms with Crippen LogP contribution in [-0.2, 0) is 4.79 Å². The number of piperazine rings is 1. The molecule has 24 heavy (non-hydrogen) atoms. The lowest BCUT2D eigenvalue weighted by atomic mass is 9.87. The number of allylic oxidation sites excluding steroid dienone is 1. The van der Waals surface area contributed by atoms with Crippen molar-refractivity contribution in [1.82, 2.24) is 15.1 Å². The van der Waals surface area contributed by atoms with Crippen molar-refractivity contribution in [3.63, 3.8) is 0 Å². The van der Waals surface area contributed by atoms with Crippen molar-refractivity contribution in [1.29, 1.82) is 0 Å². The maximum absolute atomic E-state index is 12.2. The Bertz CT molecular complexity index is 394. The van der Waals surface area contributed by atoms with E-state index in [9.17, 15) is 9.90 Å². The van der Waals surface area contributed by atoms with Gasteiger partial charge in [-0.05, 0) is 31.6 Å². The van der Waals surface area contributed by atoms with Crippen molar-refractivity contribution < 1.29 is 9.90 Å². The summed E-state index contributed by atoms with van der Waals surface area (Å²) in [5, 5.41) is 13.2. The standard InChI is InChI=1S/C19H35N3O2/c1-3-4-8-18(23)14-21-9-11-22(12-10-21)15-19(24)20-17-7-5-6-16(2)13-17/h3,16-18,23H,1,4-15H2,2H3,(H,20,24). The first-order valence-electron chi connectivity index (χ1n) is 9.60. The summed E-state index contributed by atoms with van der Waals surface area (Å²) in [6.07, 6.45) is 8.02. The van der Waals surface area contributed by atoms with E-state index in [0.29, 0.717) is 12.6 Å². The summed E-state index contributed by atoms with van der Waals surface area (Å²) < 4.78 is 0. The first-order chi connectivity index (χ1) is 11.6. The summed E-state index contributed by atoms with van der Waals surface area (Å²) in [7, 11) is 0. The zero-order chi connectivity index (χ0) is 17.4. The van der Waals surface area contributed by atoms with Gasteiger partial charge >= 0.3 is 0 Å². The summed E-state index contributed by atoms with van der Waals surface area (Å²) in [6, 6.07) is 0.377. The molecule has 3 unspecified atom stereocenters. The fourth-order valence-corrected chi connectivity index (χ4v) is 3.87. The van der Waals surface area contributed by atoms with E-state index in [2.05, 4.69) is 28.6 Å². The molecule has 0 aromatic carbocycles. The number of hydrogen-bond donors (Lipinski definition) is 2. The Balaban J connectivity index is 1.61. The third-order valence-electron chi connectivity index (χ3n) is 5.31. The van der Waals surface area contributed by atoms with Crippen LogP contribution in [0.4, 0.5) is 0 Å². The molecule has 1 saturated carbocycles. The van der Waals surface area contributed by atoms with Gasteiger partial charge in [-0.15, -0.1) is 6.58 Å². The maximum Gasteiger partial charge on any atom is 0.234 e. The van der Waals surface area contributed by atoms with E-state index in [1.54, 1.807) is 0 Å². The molecular weight excluding hydrogens is 302 g/mol. The molecule has 1 amide bonds. The van der Waals surface area contributed by atoms with Crippen molar-refractivity contribution in [3.8, 4) is 0 Å². The second kappa shape index (κ2) is 10.2. The first-order valence-corrected chi connectivity index (χ1v) is 9.60. The number of β-amino-alcohol motifs (C(OH)–C–C–N with tert-alkyl or cyclic N) is 1. The van der Waals surface area contributed by atoms with E-state index in [1.165, 1.54) is 12.8 Å². The van der Waals surface area contributed by atoms with Crippen molar-refractivity contribution in [3.05, 3.63) is 12.7 Å². The number of nitrogens with zero attached hydrogens (tertiary/aromatic N) is 2. The Morgan fingerprint density at radius 1 is 1.29 bits per heavy atom. The largest absolute Gasteiger partial charge is 0.392 e. The van der Waals surface area contributed by atoms with Gasteiger partial charge in [-0.1, -0.05) is 25.8 Å². The Hall–Kier alpha value is -0.910. The number of amides is 1. The quantitative estimate of drug-likeness (QED) is 0.661. The average molecular weight is 338 g/mol. The zero-order valence-corrected chi connectivity index (χ0v) is 15.3. The van der Waals surface area contributed by atoms with E-state index >= 15 is 0 Å². The number of aliphatic hydroxyl groups excluding tert-OH is 1. The second-order valence-electron chi connectivity index (χ2n) is 7.63. The van der Waals surface area contributed by atoms with Gasteiger partial charge in [0.05, 0.1) is 12.6 Å². The Morgan fingerprint density at radius 2 is 2.00 bits per heavy atom. The summed E-state index contributed by atoms with van der Waals surface area (Å²) in [4.78, 5) is 16.8. The predicted molar refractivity (Wildman–Crippen MR) is 97.9 cm³/mol. The molecule has 1 heterocycles. The van der Waals surface area contributed by atoms with Crippen LogP contribution in [0.25, 0.3) is 0 Å². The Labute approximate surface area is 147 Å². The number of hydrogen-bond acceptors (Lipinski definition) is 4. The minimum Gasteiger partial charge on any atom is -0.392 e. The minimum atomic E-state index is -0.272. The maximum atomic E-state index is 12.2. The van der Waals surface area contributed by atoms with Gasteiger partial charge in [0.25, 0.3) is 0 Å². The monoisotopic (exact) mass is 337 g/mol. The van der Waals surface area contributed by atoms with Gasteiger partial charge < -0.3 is 10.4 Å². The molecule has 1 aliphatic heterocycles.